The van der Waals surface area contributed by atoms with Crippen LogP contribution in [0.3, 0.4) is 0 Å². The molecule has 0 atom stereocenters. The van der Waals surface area contributed by atoms with Crippen LogP contribution in [0.1, 0.15) is 6.92 Å². The lowest BCUT2D eigenvalue weighted by atomic mass is 10.5. The molecule has 0 spiro atoms. The zero-order valence-corrected chi connectivity index (χ0v) is 8.00. The average molecular weight is 202 g/mol. The summed E-state index contributed by atoms with van der Waals surface area (Å²) in [5, 5.41) is 2.80. The Hall–Kier alpha value is 0.170. The number of halogens is 2. The Balaban J connectivity index is 0. The molecule has 11 heavy (non-hydrogen) atoms. The van der Waals surface area contributed by atoms with Gasteiger partial charge in [-0.2, -0.15) is 0 Å². The van der Waals surface area contributed by atoms with Crippen molar-refractivity contribution in [3.8, 4) is 0 Å². The number of hydrogen-bond donors (Lipinski definition) is 1. The van der Waals surface area contributed by atoms with Gasteiger partial charge in [-0.3, -0.25) is 4.79 Å². The quantitative estimate of drug-likeness (QED) is 0.590. The highest BCUT2D eigenvalue weighted by Crippen LogP contribution is 1.76. The van der Waals surface area contributed by atoms with Crippen LogP contribution in [0.4, 0.5) is 0 Å². The van der Waals surface area contributed by atoms with Crippen molar-refractivity contribution in [1.29, 1.82) is 0 Å². The summed E-state index contributed by atoms with van der Waals surface area (Å²) < 4.78 is 5.01. The summed E-state index contributed by atoms with van der Waals surface area (Å²) >= 11 is 4.64. The largest absolute Gasteiger partial charge is 0.379 e. The number of hydrogen-bond acceptors (Lipinski definition) is 3. The zero-order valence-electron chi connectivity index (χ0n) is 6.43. The number of morpholine rings is 1. The minimum absolute atomic E-state index is 0. The van der Waals surface area contributed by atoms with Gasteiger partial charge in [0.1, 0.15) is 0 Å². The van der Waals surface area contributed by atoms with Crippen molar-refractivity contribution in [2.24, 2.45) is 0 Å². The molecule has 0 bridgehead atoms. The molecule has 0 aliphatic carbocycles. The summed E-state index contributed by atoms with van der Waals surface area (Å²) in [6.45, 7) is 5.13. The maximum atomic E-state index is 9.21. The fourth-order valence-corrected chi connectivity index (χ4v) is 0.516. The minimum atomic E-state index is -0.361. The average Bonchev–Trinajstić information content (AvgIpc) is 1.90. The van der Waals surface area contributed by atoms with E-state index < -0.39 is 0 Å². The Morgan fingerprint density at radius 1 is 1.45 bits per heavy atom. The number of carbonyl (C=O) groups excluding carboxylic acids is 1. The first-order valence-electron chi connectivity index (χ1n) is 3.18. The lowest BCUT2D eigenvalue weighted by Crippen LogP contribution is -2.30. The van der Waals surface area contributed by atoms with E-state index in [0.29, 0.717) is 0 Å². The molecule has 0 amide bonds. The van der Waals surface area contributed by atoms with Crippen LogP contribution < -0.4 is 5.32 Å². The van der Waals surface area contributed by atoms with Gasteiger partial charge in [-0.1, -0.05) is 0 Å². The van der Waals surface area contributed by atoms with Gasteiger partial charge in [0.15, 0.2) is 0 Å². The van der Waals surface area contributed by atoms with Gasteiger partial charge in [0.05, 0.1) is 13.2 Å². The minimum Gasteiger partial charge on any atom is -0.379 e. The molecule has 1 rings (SSSR count). The van der Waals surface area contributed by atoms with Gasteiger partial charge >= 0.3 is 0 Å². The molecule has 0 saturated carbocycles. The van der Waals surface area contributed by atoms with Crippen LogP contribution in [0.5, 0.6) is 0 Å². The van der Waals surface area contributed by atoms with Crippen molar-refractivity contribution in [1.82, 2.24) is 5.32 Å². The monoisotopic (exact) mass is 201 g/mol. The van der Waals surface area contributed by atoms with Crippen molar-refractivity contribution >= 4 is 29.3 Å². The van der Waals surface area contributed by atoms with Crippen LogP contribution in [0, 0.1) is 0 Å². The van der Waals surface area contributed by atoms with Crippen LogP contribution >= 0.6 is 24.0 Å². The second-order valence-corrected chi connectivity index (χ2v) is 2.36. The van der Waals surface area contributed by atoms with Gasteiger partial charge in [0, 0.05) is 20.0 Å². The van der Waals surface area contributed by atoms with E-state index in [1.54, 1.807) is 0 Å². The third-order valence-electron chi connectivity index (χ3n) is 0.846. The summed E-state index contributed by atoms with van der Waals surface area (Å²) in [6, 6.07) is 0. The van der Waals surface area contributed by atoms with Crippen LogP contribution in [-0.2, 0) is 9.53 Å². The van der Waals surface area contributed by atoms with Gasteiger partial charge in [-0.05, 0) is 11.6 Å². The van der Waals surface area contributed by atoms with Gasteiger partial charge in [0.2, 0.25) is 5.24 Å². The first kappa shape index (κ1) is 13.7. The molecule has 5 heteroatoms. The Morgan fingerprint density at radius 2 is 1.82 bits per heavy atom. The Bertz CT molecular complexity index is 81.1. The van der Waals surface area contributed by atoms with Gasteiger partial charge in [0.25, 0.3) is 0 Å². The van der Waals surface area contributed by atoms with E-state index in [0.717, 1.165) is 26.3 Å². The van der Waals surface area contributed by atoms with Crippen LogP contribution in [0.2, 0.25) is 0 Å². The molecule has 1 N–H and O–H groups in total. The van der Waals surface area contributed by atoms with Crippen molar-refractivity contribution in [3.63, 3.8) is 0 Å². The molecule has 68 valence electrons. The third kappa shape index (κ3) is 17.8. The number of ether oxygens (including phenoxy) is 1. The molecule has 1 aliphatic rings. The lowest BCUT2D eigenvalue weighted by Gasteiger charge is -2.10. The molecule has 0 aromatic rings. The van der Waals surface area contributed by atoms with E-state index in [2.05, 4.69) is 16.9 Å². The molecule has 1 heterocycles. The van der Waals surface area contributed by atoms with Gasteiger partial charge in [-0.15, -0.1) is 12.4 Å². The molecule has 1 saturated heterocycles. The highest BCUT2D eigenvalue weighted by atomic mass is 35.5. The topological polar surface area (TPSA) is 38.3 Å². The molecular formula is C6H13Cl2NO2. The molecule has 0 unspecified atom stereocenters. The number of nitrogens with one attached hydrogen (secondary N) is 1. The van der Waals surface area contributed by atoms with Crippen molar-refractivity contribution < 1.29 is 9.53 Å². The summed E-state index contributed by atoms with van der Waals surface area (Å²) in [4.78, 5) is 9.21. The van der Waals surface area contributed by atoms with Crippen molar-refractivity contribution in [2.45, 2.75) is 6.92 Å². The van der Waals surface area contributed by atoms with E-state index in [1.807, 2.05) is 0 Å². The van der Waals surface area contributed by atoms with Crippen molar-refractivity contribution in [2.75, 3.05) is 26.3 Å². The third-order valence-corrected chi connectivity index (χ3v) is 0.846. The lowest BCUT2D eigenvalue weighted by molar-refractivity contribution is -0.109. The highest BCUT2D eigenvalue weighted by molar-refractivity contribution is 6.62. The van der Waals surface area contributed by atoms with Crippen molar-refractivity contribution in [3.05, 3.63) is 0 Å². The van der Waals surface area contributed by atoms with Gasteiger partial charge in [-0.25, -0.2) is 0 Å². The van der Waals surface area contributed by atoms with Crippen LogP contribution in [-0.4, -0.2) is 31.5 Å². The molecule has 1 fully saturated rings. The smallest absolute Gasteiger partial charge is 0.218 e. The fourth-order valence-electron chi connectivity index (χ4n) is 0.516. The first-order chi connectivity index (χ1) is 4.73. The zero-order chi connectivity index (χ0) is 7.82. The standard InChI is InChI=1S/C4H9NO.C2H3ClO.ClH/c1-3-6-4-2-5-1;1-2(3)4;/h5H,1-4H2;1H3;1H. The second-order valence-electron chi connectivity index (χ2n) is 1.83. The maximum Gasteiger partial charge on any atom is 0.218 e. The molecule has 3 nitrogen and oxygen atoms in total. The van der Waals surface area contributed by atoms with E-state index in [-0.39, 0.29) is 17.6 Å². The van der Waals surface area contributed by atoms with Crippen LogP contribution in [0.15, 0.2) is 0 Å². The van der Waals surface area contributed by atoms with Gasteiger partial charge < -0.3 is 10.1 Å². The Kier molecular flexibility index (Phi) is 12.7. The SMILES string of the molecule is C1COCCN1.CC(=O)Cl.Cl. The number of carbonyl (C=O) groups is 1. The van der Waals surface area contributed by atoms with E-state index in [4.69, 9.17) is 4.74 Å². The molecule has 0 radical (unpaired) electrons. The second kappa shape index (κ2) is 10.2. The summed E-state index contributed by atoms with van der Waals surface area (Å²) in [6.07, 6.45) is 0. The Labute approximate surface area is 77.8 Å². The number of rotatable bonds is 0. The summed E-state index contributed by atoms with van der Waals surface area (Å²) in [5.41, 5.74) is 0. The normalized spacial score (nSPS) is 15.5. The molecule has 1 aliphatic heterocycles. The predicted octanol–water partition coefficient (Wildman–Crippen LogP) is 0.800. The van der Waals surface area contributed by atoms with Crippen LogP contribution in [0.25, 0.3) is 0 Å². The molecular weight excluding hydrogens is 189 g/mol. The first-order valence-corrected chi connectivity index (χ1v) is 3.56. The molecule has 0 aromatic heterocycles. The summed E-state index contributed by atoms with van der Waals surface area (Å²) in [7, 11) is 0. The maximum absolute atomic E-state index is 9.21. The van der Waals surface area contributed by atoms with E-state index in [9.17, 15) is 4.79 Å². The fraction of sp³-hybridized carbons (Fsp3) is 0.833. The molecule has 0 aromatic carbocycles. The highest BCUT2D eigenvalue weighted by Gasteiger charge is 1.92. The van der Waals surface area contributed by atoms with E-state index in [1.165, 1.54) is 6.92 Å². The Morgan fingerprint density at radius 3 is 1.91 bits per heavy atom. The predicted molar refractivity (Wildman–Crippen MR) is 47.5 cm³/mol. The van der Waals surface area contributed by atoms with E-state index >= 15 is 0 Å². The summed E-state index contributed by atoms with van der Waals surface area (Å²) in [5.74, 6) is 0.